The molecule has 0 radical (unpaired) electrons. The third-order valence-corrected chi connectivity index (χ3v) is 5.68. The number of carbonyl (C=O) groups is 1. The molecule has 1 aromatic rings. The molecule has 1 aromatic carbocycles. The number of benzene rings is 1. The third kappa shape index (κ3) is 2.98. The van der Waals surface area contributed by atoms with Crippen LogP contribution in [0.25, 0.3) is 0 Å². The van der Waals surface area contributed by atoms with E-state index in [9.17, 15) is 4.79 Å². The molecule has 1 aliphatic rings. The number of fused-ring (bicyclic) bond motifs is 1. The fraction of sp³-hybridized carbons (Fsp3) is 0.588. The standard InChI is InChI=1S/C17H26O2Si/c1-11-9-12-10-13(19-20-16(2,3)4)7-8-14(12)15(18)17(11,5)6/h7-8,10-11H,9,20H2,1-6H3. The Morgan fingerprint density at radius 1 is 1.30 bits per heavy atom. The van der Waals surface area contributed by atoms with Crippen LogP contribution >= 0.6 is 0 Å². The van der Waals surface area contributed by atoms with Crippen LogP contribution < -0.4 is 4.43 Å². The van der Waals surface area contributed by atoms with Crippen LogP contribution in [0.5, 0.6) is 5.75 Å². The van der Waals surface area contributed by atoms with E-state index in [1.165, 1.54) is 0 Å². The van der Waals surface area contributed by atoms with Gasteiger partial charge in [-0.25, -0.2) is 0 Å². The van der Waals surface area contributed by atoms with Crippen LogP contribution in [0.3, 0.4) is 0 Å². The molecule has 0 amide bonds. The normalized spacial score (nSPS) is 22.1. The smallest absolute Gasteiger partial charge is 0.224 e. The highest BCUT2D eigenvalue weighted by Crippen LogP contribution is 2.40. The van der Waals surface area contributed by atoms with E-state index in [0.29, 0.717) is 5.92 Å². The first-order valence-corrected chi connectivity index (χ1v) is 8.70. The Labute approximate surface area is 124 Å². The molecule has 0 N–H and O–H groups in total. The number of hydrogen-bond acceptors (Lipinski definition) is 2. The van der Waals surface area contributed by atoms with Crippen LogP contribution in [0.15, 0.2) is 18.2 Å². The molecule has 3 heteroatoms. The molecule has 2 nitrogen and oxygen atoms in total. The van der Waals surface area contributed by atoms with Gasteiger partial charge < -0.3 is 4.43 Å². The van der Waals surface area contributed by atoms with Crippen LogP contribution in [-0.2, 0) is 6.42 Å². The van der Waals surface area contributed by atoms with Crippen LogP contribution in [0.1, 0.15) is 57.5 Å². The number of hydrogen-bond donors (Lipinski definition) is 0. The summed E-state index contributed by atoms with van der Waals surface area (Å²) in [5.74, 6) is 1.58. The van der Waals surface area contributed by atoms with Crippen LogP contribution in [0, 0.1) is 11.3 Å². The average Bonchev–Trinajstić information content (AvgIpc) is 2.33. The molecule has 1 atom stereocenters. The lowest BCUT2D eigenvalue weighted by atomic mass is 9.66. The summed E-state index contributed by atoms with van der Waals surface area (Å²) in [6.07, 6.45) is 0.961. The predicted molar refractivity (Wildman–Crippen MR) is 86.3 cm³/mol. The van der Waals surface area contributed by atoms with Crippen LogP contribution in [0.4, 0.5) is 0 Å². The minimum Gasteiger partial charge on any atom is -0.549 e. The molecule has 0 fully saturated rings. The topological polar surface area (TPSA) is 26.3 Å². The number of carbonyl (C=O) groups excluding carboxylic acids is 1. The lowest BCUT2D eigenvalue weighted by molar-refractivity contribution is 0.0732. The SMILES string of the molecule is CC1Cc2cc(O[SiH2]C(C)(C)C)ccc2C(=O)C1(C)C. The van der Waals surface area contributed by atoms with Gasteiger partial charge in [0, 0.05) is 11.0 Å². The Morgan fingerprint density at radius 2 is 1.95 bits per heavy atom. The minimum atomic E-state index is -0.606. The summed E-state index contributed by atoms with van der Waals surface area (Å²) in [7, 11) is -0.606. The first kappa shape index (κ1) is 15.3. The van der Waals surface area contributed by atoms with Crippen LogP contribution in [0.2, 0.25) is 5.04 Å². The van der Waals surface area contributed by atoms with Crippen LogP contribution in [-0.4, -0.2) is 15.5 Å². The fourth-order valence-corrected chi connectivity index (χ4v) is 3.29. The summed E-state index contributed by atoms with van der Waals surface area (Å²) in [5.41, 5.74) is 1.79. The molecule has 0 saturated heterocycles. The highest BCUT2D eigenvalue weighted by molar-refractivity contribution is 6.32. The summed E-state index contributed by atoms with van der Waals surface area (Å²) in [6, 6.07) is 6.00. The molecule has 0 heterocycles. The maximum atomic E-state index is 12.5. The Bertz CT molecular complexity index is 526. The molecular formula is C17H26O2Si. The summed E-state index contributed by atoms with van der Waals surface area (Å²) < 4.78 is 5.99. The Kier molecular flexibility index (Phi) is 3.85. The molecule has 20 heavy (non-hydrogen) atoms. The maximum Gasteiger partial charge on any atom is 0.224 e. The van der Waals surface area contributed by atoms with E-state index in [0.717, 1.165) is 23.3 Å². The second kappa shape index (κ2) is 5.03. The van der Waals surface area contributed by atoms with Gasteiger partial charge in [0.25, 0.3) is 0 Å². The van der Waals surface area contributed by atoms with Gasteiger partial charge in [-0.1, -0.05) is 41.5 Å². The number of ketones is 1. The Morgan fingerprint density at radius 3 is 2.55 bits per heavy atom. The van der Waals surface area contributed by atoms with E-state index in [2.05, 4.69) is 47.6 Å². The van der Waals surface area contributed by atoms with E-state index in [4.69, 9.17) is 4.43 Å². The molecule has 0 aliphatic heterocycles. The minimum absolute atomic E-state index is 0.254. The zero-order chi connectivity index (χ0) is 15.1. The predicted octanol–water partition coefficient (Wildman–Crippen LogP) is 3.77. The van der Waals surface area contributed by atoms with Gasteiger partial charge in [0.15, 0.2) is 5.78 Å². The third-order valence-electron chi connectivity index (χ3n) is 4.34. The van der Waals surface area contributed by atoms with Crippen molar-refractivity contribution in [2.75, 3.05) is 0 Å². The lowest BCUT2D eigenvalue weighted by Crippen LogP contribution is -2.37. The van der Waals surface area contributed by atoms with E-state index in [1.54, 1.807) is 0 Å². The van der Waals surface area contributed by atoms with Gasteiger partial charge in [0.1, 0.15) is 5.75 Å². The largest absolute Gasteiger partial charge is 0.549 e. The van der Waals surface area contributed by atoms with E-state index < -0.39 is 9.76 Å². The maximum absolute atomic E-state index is 12.5. The second-order valence-electron chi connectivity index (χ2n) is 7.82. The van der Waals surface area contributed by atoms with E-state index in [1.807, 2.05) is 12.1 Å². The Balaban J connectivity index is 2.25. The van der Waals surface area contributed by atoms with Crippen molar-refractivity contribution in [2.45, 2.75) is 53.0 Å². The lowest BCUT2D eigenvalue weighted by Gasteiger charge is -2.36. The molecule has 1 aliphatic carbocycles. The van der Waals surface area contributed by atoms with Crippen molar-refractivity contribution < 1.29 is 9.22 Å². The summed E-state index contributed by atoms with van der Waals surface area (Å²) in [4.78, 5) is 12.5. The van der Waals surface area contributed by atoms with Gasteiger partial charge in [-0.15, -0.1) is 0 Å². The number of Topliss-reactive ketones (excluding diaryl/α,β-unsaturated/α-hetero) is 1. The zero-order valence-electron chi connectivity index (χ0n) is 13.5. The summed E-state index contributed by atoms with van der Waals surface area (Å²) >= 11 is 0. The monoisotopic (exact) mass is 290 g/mol. The average molecular weight is 290 g/mol. The van der Waals surface area contributed by atoms with Gasteiger partial charge in [-0.2, -0.15) is 0 Å². The molecule has 110 valence electrons. The molecule has 1 unspecified atom stereocenters. The molecule has 0 bridgehead atoms. The second-order valence-corrected chi connectivity index (χ2v) is 10.5. The van der Waals surface area contributed by atoms with Gasteiger partial charge in [-0.3, -0.25) is 4.79 Å². The Hall–Kier alpha value is -1.09. The van der Waals surface area contributed by atoms with E-state index in [-0.39, 0.29) is 16.2 Å². The fourth-order valence-electron chi connectivity index (χ4n) is 2.51. The summed E-state index contributed by atoms with van der Waals surface area (Å²) in [5, 5.41) is 0.279. The number of rotatable bonds is 2. The zero-order valence-corrected chi connectivity index (χ0v) is 15.0. The highest BCUT2D eigenvalue weighted by atomic mass is 28.2. The van der Waals surface area contributed by atoms with Gasteiger partial charge in [0.05, 0.1) is 0 Å². The molecule has 0 saturated carbocycles. The van der Waals surface area contributed by atoms with Gasteiger partial charge in [0.2, 0.25) is 9.76 Å². The van der Waals surface area contributed by atoms with Crippen molar-refractivity contribution >= 4 is 15.5 Å². The molecule has 0 spiro atoms. The van der Waals surface area contributed by atoms with Gasteiger partial charge >= 0.3 is 0 Å². The molecular weight excluding hydrogens is 264 g/mol. The van der Waals surface area contributed by atoms with Crippen molar-refractivity contribution in [2.24, 2.45) is 11.3 Å². The molecule has 0 aromatic heterocycles. The van der Waals surface area contributed by atoms with Crippen molar-refractivity contribution in [3.8, 4) is 5.75 Å². The first-order chi connectivity index (χ1) is 9.11. The van der Waals surface area contributed by atoms with E-state index >= 15 is 0 Å². The molecule has 2 rings (SSSR count). The summed E-state index contributed by atoms with van der Waals surface area (Å²) in [6.45, 7) is 12.9. The quantitative estimate of drug-likeness (QED) is 0.775. The van der Waals surface area contributed by atoms with Crippen molar-refractivity contribution in [3.05, 3.63) is 29.3 Å². The first-order valence-electron chi connectivity index (χ1n) is 7.42. The highest BCUT2D eigenvalue weighted by Gasteiger charge is 2.39. The van der Waals surface area contributed by atoms with Crippen molar-refractivity contribution in [1.29, 1.82) is 0 Å². The van der Waals surface area contributed by atoms with Crippen molar-refractivity contribution in [3.63, 3.8) is 0 Å². The van der Waals surface area contributed by atoms with Gasteiger partial charge in [-0.05, 0) is 41.1 Å². The van der Waals surface area contributed by atoms with Crippen molar-refractivity contribution in [1.82, 2.24) is 0 Å².